The second-order valence-corrected chi connectivity index (χ2v) is 4.98. The van der Waals surface area contributed by atoms with E-state index in [-0.39, 0.29) is 23.9 Å². The zero-order valence-corrected chi connectivity index (χ0v) is 11.8. The molecule has 1 aromatic rings. The third-order valence-corrected chi connectivity index (χ3v) is 3.11. The van der Waals surface area contributed by atoms with Gasteiger partial charge in [-0.05, 0) is 13.8 Å². The molecule has 0 saturated heterocycles. The molecule has 0 fully saturated rings. The zero-order valence-electron chi connectivity index (χ0n) is 11.8. The number of hydrogen-bond acceptors (Lipinski definition) is 3. The van der Waals surface area contributed by atoms with Gasteiger partial charge in [0, 0.05) is 24.6 Å². The summed E-state index contributed by atoms with van der Waals surface area (Å²) in [7, 11) is 0. The van der Waals surface area contributed by atoms with E-state index in [2.05, 4.69) is 5.16 Å². The fourth-order valence-electron chi connectivity index (χ4n) is 1.86. The highest BCUT2D eigenvalue weighted by Crippen LogP contribution is 2.29. The van der Waals surface area contributed by atoms with Crippen molar-refractivity contribution in [3.63, 3.8) is 0 Å². The number of oxime groups is 1. The van der Waals surface area contributed by atoms with Crippen LogP contribution in [0.25, 0.3) is 0 Å². The molecule has 4 nitrogen and oxygen atoms in total. The maximum atomic E-state index is 14.2. The molecule has 0 aromatic heterocycles. The first-order chi connectivity index (χ1) is 9.36. The summed E-state index contributed by atoms with van der Waals surface area (Å²) in [5, 5.41) is 11.3. The lowest BCUT2D eigenvalue weighted by atomic mass is 10.1. The molecule has 0 radical (unpaired) electrons. The van der Waals surface area contributed by atoms with Gasteiger partial charge in [-0.15, -0.1) is 0 Å². The van der Waals surface area contributed by atoms with Crippen molar-refractivity contribution in [2.75, 3.05) is 13.1 Å². The van der Waals surface area contributed by atoms with Crippen LogP contribution in [0.3, 0.4) is 0 Å². The zero-order chi connectivity index (χ0) is 15.2. The molecule has 0 aliphatic heterocycles. The fraction of sp³-hybridized carbons (Fsp3) is 0.500. The SMILES string of the molecule is CC(C)N(CC/C(N)=N/O)CC(F)(F)c1ccccc1. The molecule has 20 heavy (non-hydrogen) atoms. The van der Waals surface area contributed by atoms with Gasteiger partial charge >= 0.3 is 0 Å². The first-order valence-electron chi connectivity index (χ1n) is 6.50. The highest BCUT2D eigenvalue weighted by Gasteiger charge is 2.34. The van der Waals surface area contributed by atoms with E-state index >= 15 is 0 Å². The highest BCUT2D eigenvalue weighted by atomic mass is 19.3. The average molecular weight is 285 g/mol. The Bertz CT molecular complexity index is 435. The van der Waals surface area contributed by atoms with Gasteiger partial charge in [-0.2, -0.15) is 8.78 Å². The lowest BCUT2D eigenvalue weighted by Crippen LogP contribution is -2.41. The molecule has 0 aliphatic rings. The Balaban J connectivity index is 2.74. The summed E-state index contributed by atoms with van der Waals surface area (Å²) >= 11 is 0. The molecule has 0 saturated carbocycles. The van der Waals surface area contributed by atoms with Crippen molar-refractivity contribution in [1.29, 1.82) is 0 Å². The topological polar surface area (TPSA) is 61.8 Å². The van der Waals surface area contributed by atoms with Gasteiger partial charge in [0.25, 0.3) is 5.92 Å². The Morgan fingerprint density at radius 3 is 2.45 bits per heavy atom. The highest BCUT2D eigenvalue weighted by molar-refractivity contribution is 5.79. The molecule has 0 atom stereocenters. The van der Waals surface area contributed by atoms with Crippen molar-refractivity contribution < 1.29 is 14.0 Å². The largest absolute Gasteiger partial charge is 0.409 e. The van der Waals surface area contributed by atoms with Gasteiger partial charge in [0.05, 0.1) is 6.54 Å². The van der Waals surface area contributed by atoms with Crippen molar-refractivity contribution in [2.24, 2.45) is 10.9 Å². The molecule has 0 spiro atoms. The Labute approximate surface area is 117 Å². The number of nitrogens with zero attached hydrogens (tertiary/aromatic N) is 2. The van der Waals surface area contributed by atoms with E-state index in [0.717, 1.165) is 0 Å². The molecule has 1 rings (SSSR count). The van der Waals surface area contributed by atoms with Crippen LogP contribution in [0.2, 0.25) is 0 Å². The lowest BCUT2D eigenvalue weighted by molar-refractivity contribution is -0.0444. The van der Waals surface area contributed by atoms with Crippen LogP contribution in [-0.4, -0.2) is 35.1 Å². The van der Waals surface area contributed by atoms with Crippen LogP contribution in [0.15, 0.2) is 35.5 Å². The molecule has 0 unspecified atom stereocenters. The summed E-state index contributed by atoms with van der Waals surface area (Å²) in [5.74, 6) is -2.89. The van der Waals surface area contributed by atoms with E-state index in [1.165, 1.54) is 12.1 Å². The van der Waals surface area contributed by atoms with Gasteiger partial charge < -0.3 is 10.9 Å². The van der Waals surface area contributed by atoms with Crippen molar-refractivity contribution >= 4 is 5.84 Å². The van der Waals surface area contributed by atoms with E-state index in [0.29, 0.717) is 6.54 Å². The lowest BCUT2D eigenvalue weighted by Gasteiger charge is -2.30. The average Bonchev–Trinajstić information content (AvgIpc) is 2.43. The van der Waals surface area contributed by atoms with Crippen molar-refractivity contribution in [3.8, 4) is 0 Å². The first-order valence-corrected chi connectivity index (χ1v) is 6.50. The predicted molar refractivity (Wildman–Crippen MR) is 75.1 cm³/mol. The number of hydrogen-bond donors (Lipinski definition) is 2. The third-order valence-electron chi connectivity index (χ3n) is 3.11. The standard InChI is InChI=1S/C14H21F2N3O/c1-11(2)19(9-8-13(17)18-20)10-14(15,16)12-6-4-3-5-7-12/h3-7,11,20H,8-10H2,1-2H3,(H2,17,18). The van der Waals surface area contributed by atoms with E-state index < -0.39 is 12.5 Å². The van der Waals surface area contributed by atoms with E-state index in [4.69, 9.17) is 10.9 Å². The third kappa shape index (κ3) is 4.77. The van der Waals surface area contributed by atoms with Gasteiger partial charge in [-0.25, -0.2) is 0 Å². The molecular weight excluding hydrogens is 264 g/mol. The van der Waals surface area contributed by atoms with Gasteiger partial charge in [0.2, 0.25) is 0 Å². The summed E-state index contributed by atoms with van der Waals surface area (Å²) in [4.78, 5) is 1.62. The van der Waals surface area contributed by atoms with Crippen LogP contribution in [0.5, 0.6) is 0 Å². The van der Waals surface area contributed by atoms with E-state index in [1.807, 2.05) is 13.8 Å². The number of rotatable bonds is 7. The smallest absolute Gasteiger partial charge is 0.285 e. The number of nitrogens with two attached hydrogens (primary N) is 1. The monoisotopic (exact) mass is 285 g/mol. The van der Waals surface area contributed by atoms with Gasteiger partial charge in [-0.1, -0.05) is 35.5 Å². The minimum atomic E-state index is -2.93. The van der Waals surface area contributed by atoms with Gasteiger partial charge in [-0.3, -0.25) is 4.90 Å². The summed E-state index contributed by atoms with van der Waals surface area (Å²) in [6.45, 7) is 3.60. The minimum Gasteiger partial charge on any atom is -0.409 e. The van der Waals surface area contributed by atoms with Gasteiger partial charge in [0.1, 0.15) is 5.84 Å². The maximum Gasteiger partial charge on any atom is 0.285 e. The van der Waals surface area contributed by atoms with Crippen molar-refractivity contribution in [2.45, 2.75) is 32.2 Å². The predicted octanol–water partition coefficient (Wildman–Crippen LogP) is 2.63. The van der Waals surface area contributed by atoms with Gasteiger partial charge in [0.15, 0.2) is 0 Å². The summed E-state index contributed by atoms with van der Waals surface area (Å²) < 4.78 is 28.4. The number of alkyl halides is 2. The maximum absolute atomic E-state index is 14.2. The van der Waals surface area contributed by atoms with Crippen LogP contribution in [0.1, 0.15) is 25.8 Å². The Morgan fingerprint density at radius 2 is 1.95 bits per heavy atom. The quantitative estimate of drug-likeness (QED) is 0.350. The summed E-state index contributed by atoms with van der Waals surface area (Å²) in [6, 6.07) is 7.68. The molecule has 0 bridgehead atoms. The van der Waals surface area contributed by atoms with E-state index in [9.17, 15) is 8.78 Å². The summed E-state index contributed by atoms with van der Waals surface area (Å²) in [6.07, 6.45) is 0.250. The molecule has 6 heteroatoms. The number of halogens is 2. The summed E-state index contributed by atoms with van der Waals surface area (Å²) in [5.41, 5.74) is 5.38. The number of amidine groups is 1. The second kappa shape index (κ2) is 7.19. The molecule has 112 valence electrons. The second-order valence-electron chi connectivity index (χ2n) is 4.98. The van der Waals surface area contributed by atoms with Crippen LogP contribution in [0, 0.1) is 0 Å². The Hall–Kier alpha value is -1.69. The molecular formula is C14H21F2N3O. The fourth-order valence-corrected chi connectivity index (χ4v) is 1.86. The molecule has 1 aromatic carbocycles. The van der Waals surface area contributed by atoms with Crippen LogP contribution < -0.4 is 5.73 Å². The van der Waals surface area contributed by atoms with E-state index in [1.54, 1.807) is 23.1 Å². The molecule has 0 aliphatic carbocycles. The normalized spacial score (nSPS) is 13.2. The molecule has 0 heterocycles. The van der Waals surface area contributed by atoms with Crippen molar-refractivity contribution in [3.05, 3.63) is 35.9 Å². The molecule has 3 N–H and O–H groups in total. The first kappa shape index (κ1) is 16.4. The van der Waals surface area contributed by atoms with Crippen LogP contribution >= 0.6 is 0 Å². The molecule has 0 amide bonds. The Kier molecular flexibility index (Phi) is 5.88. The Morgan fingerprint density at radius 1 is 1.35 bits per heavy atom. The van der Waals surface area contributed by atoms with Crippen LogP contribution in [0.4, 0.5) is 8.78 Å². The minimum absolute atomic E-state index is 0.00514. The number of benzene rings is 1. The van der Waals surface area contributed by atoms with Crippen molar-refractivity contribution in [1.82, 2.24) is 4.90 Å². The van der Waals surface area contributed by atoms with Crippen LogP contribution in [-0.2, 0) is 5.92 Å².